The van der Waals surface area contributed by atoms with E-state index in [4.69, 9.17) is 0 Å². The number of amides is 1. The molecule has 164 valence electrons. The maximum Gasteiger partial charge on any atom is 0.256 e. The molecule has 1 fully saturated rings. The van der Waals surface area contributed by atoms with Crippen LogP contribution < -0.4 is 10.9 Å². The van der Waals surface area contributed by atoms with Crippen molar-refractivity contribution in [1.29, 1.82) is 0 Å². The molecule has 0 radical (unpaired) electrons. The van der Waals surface area contributed by atoms with Crippen LogP contribution in [0.2, 0.25) is 0 Å². The van der Waals surface area contributed by atoms with Crippen molar-refractivity contribution >= 4 is 15.9 Å². The first-order valence-corrected chi connectivity index (χ1v) is 11.8. The molecule has 9 nitrogen and oxygen atoms in total. The van der Waals surface area contributed by atoms with Crippen molar-refractivity contribution in [2.24, 2.45) is 7.05 Å². The van der Waals surface area contributed by atoms with Gasteiger partial charge < -0.3 is 5.32 Å². The first-order chi connectivity index (χ1) is 13.7. The Balaban J connectivity index is 1.76. The van der Waals surface area contributed by atoms with Crippen LogP contribution in [0.3, 0.4) is 0 Å². The number of aromatic nitrogens is 2. The zero-order valence-corrected chi connectivity index (χ0v) is 18.7. The van der Waals surface area contributed by atoms with Gasteiger partial charge in [-0.3, -0.25) is 19.1 Å². The van der Waals surface area contributed by atoms with Gasteiger partial charge in [0, 0.05) is 51.9 Å². The van der Waals surface area contributed by atoms with Crippen LogP contribution in [0.15, 0.2) is 4.79 Å². The Morgan fingerprint density at radius 1 is 1.17 bits per heavy atom. The molecule has 1 aromatic heterocycles. The molecule has 1 aliphatic rings. The summed E-state index contributed by atoms with van der Waals surface area (Å²) in [6.45, 7) is 8.87. The van der Waals surface area contributed by atoms with E-state index in [1.807, 2.05) is 6.92 Å². The van der Waals surface area contributed by atoms with Crippen LogP contribution in [-0.2, 0) is 28.3 Å². The Hall–Kier alpha value is -1.78. The summed E-state index contributed by atoms with van der Waals surface area (Å²) in [6, 6.07) is 0. The zero-order chi connectivity index (χ0) is 21.6. The molecular weight excluding hydrogens is 394 g/mol. The number of hydrogen-bond donors (Lipinski definition) is 1. The highest BCUT2D eigenvalue weighted by atomic mass is 32.2. The Bertz CT molecular complexity index is 873. The van der Waals surface area contributed by atoms with E-state index >= 15 is 0 Å². The molecule has 0 unspecified atom stereocenters. The quantitative estimate of drug-likeness (QED) is 0.585. The van der Waals surface area contributed by atoms with E-state index in [1.165, 1.54) is 4.57 Å². The molecular formula is C19H33N5O4S. The van der Waals surface area contributed by atoms with Gasteiger partial charge in [0.1, 0.15) is 5.82 Å². The Morgan fingerprint density at radius 3 is 2.45 bits per heavy atom. The molecule has 1 amide bonds. The molecule has 0 aliphatic carbocycles. The third-order valence-corrected chi connectivity index (χ3v) is 7.36. The van der Waals surface area contributed by atoms with Crippen LogP contribution in [0.5, 0.6) is 0 Å². The second-order valence-electron chi connectivity index (χ2n) is 7.53. The Labute approximate surface area is 173 Å². The molecule has 0 bridgehead atoms. The molecule has 2 rings (SSSR count). The van der Waals surface area contributed by atoms with Gasteiger partial charge in [-0.25, -0.2) is 13.4 Å². The van der Waals surface area contributed by atoms with Crippen LogP contribution in [0, 0.1) is 13.8 Å². The van der Waals surface area contributed by atoms with Crippen molar-refractivity contribution < 1.29 is 13.2 Å². The van der Waals surface area contributed by atoms with Gasteiger partial charge in [0.2, 0.25) is 15.9 Å². The van der Waals surface area contributed by atoms with E-state index in [0.29, 0.717) is 62.8 Å². The van der Waals surface area contributed by atoms with Crippen LogP contribution in [0.25, 0.3) is 0 Å². The number of carbonyl (C=O) groups is 1. The van der Waals surface area contributed by atoms with Gasteiger partial charge in [-0.2, -0.15) is 4.31 Å². The summed E-state index contributed by atoms with van der Waals surface area (Å²) in [4.78, 5) is 30.8. The number of rotatable bonds is 9. The van der Waals surface area contributed by atoms with Gasteiger partial charge in [-0.05, 0) is 20.3 Å². The molecule has 0 aromatic carbocycles. The molecule has 0 spiro atoms. The van der Waals surface area contributed by atoms with Gasteiger partial charge in [0.25, 0.3) is 5.56 Å². The summed E-state index contributed by atoms with van der Waals surface area (Å²) in [6.07, 6.45) is 1.63. The SMILES string of the molecule is CCCCS(=O)(=O)N1CCN(CCNC(=O)Cc2nc(C)n(C)c(=O)c2C)CC1. The lowest BCUT2D eigenvalue weighted by Crippen LogP contribution is -2.50. The predicted octanol–water partition coefficient (Wildman–Crippen LogP) is -0.197. The summed E-state index contributed by atoms with van der Waals surface area (Å²) in [5, 5.41) is 2.87. The van der Waals surface area contributed by atoms with Crippen LogP contribution >= 0.6 is 0 Å². The van der Waals surface area contributed by atoms with E-state index in [0.717, 1.165) is 6.42 Å². The van der Waals surface area contributed by atoms with E-state index in [-0.39, 0.29) is 23.6 Å². The number of nitrogens with zero attached hydrogens (tertiary/aromatic N) is 4. The molecule has 1 saturated heterocycles. The molecule has 1 aliphatic heterocycles. The van der Waals surface area contributed by atoms with Crippen LogP contribution in [0.4, 0.5) is 0 Å². The molecule has 1 aromatic rings. The van der Waals surface area contributed by atoms with Gasteiger partial charge in [0.15, 0.2) is 0 Å². The predicted molar refractivity (Wildman–Crippen MR) is 112 cm³/mol. The topological polar surface area (TPSA) is 105 Å². The van der Waals surface area contributed by atoms with Crippen molar-refractivity contribution in [1.82, 2.24) is 24.1 Å². The van der Waals surface area contributed by atoms with Crippen LogP contribution in [0.1, 0.15) is 36.8 Å². The van der Waals surface area contributed by atoms with Gasteiger partial charge in [0.05, 0.1) is 17.9 Å². The maximum absolute atomic E-state index is 12.2. The Morgan fingerprint density at radius 2 is 1.83 bits per heavy atom. The van der Waals surface area contributed by atoms with Gasteiger partial charge >= 0.3 is 0 Å². The summed E-state index contributed by atoms with van der Waals surface area (Å²) in [5.41, 5.74) is 0.870. The number of hydrogen-bond acceptors (Lipinski definition) is 6. The van der Waals surface area contributed by atoms with Gasteiger partial charge in [-0.1, -0.05) is 13.3 Å². The van der Waals surface area contributed by atoms with E-state index < -0.39 is 10.0 Å². The first-order valence-electron chi connectivity index (χ1n) is 10.2. The molecule has 0 atom stereocenters. The highest BCUT2D eigenvalue weighted by Gasteiger charge is 2.26. The van der Waals surface area contributed by atoms with E-state index in [9.17, 15) is 18.0 Å². The summed E-state index contributed by atoms with van der Waals surface area (Å²) < 4.78 is 27.5. The average Bonchev–Trinajstić information content (AvgIpc) is 2.69. The molecule has 29 heavy (non-hydrogen) atoms. The summed E-state index contributed by atoms with van der Waals surface area (Å²) in [5.74, 6) is 0.624. The minimum Gasteiger partial charge on any atom is -0.354 e. The third-order valence-electron chi connectivity index (χ3n) is 5.40. The minimum atomic E-state index is -3.15. The summed E-state index contributed by atoms with van der Waals surface area (Å²) >= 11 is 0. The molecule has 10 heteroatoms. The van der Waals surface area contributed by atoms with E-state index in [2.05, 4.69) is 15.2 Å². The number of piperazine rings is 1. The minimum absolute atomic E-state index is 0.0756. The van der Waals surface area contributed by atoms with Crippen molar-refractivity contribution in [2.45, 2.75) is 40.0 Å². The fourth-order valence-corrected chi connectivity index (χ4v) is 4.93. The second kappa shape index (κ2) is 10.3. The first kappa shape index (κ1) is 23.5. The maximum atomic E-state index is 12.2. The fraction of sp³-hybridized carbons (Fsp3) is 0.737. The number of unbranched alkanes of at least 4 members (excludes halogenated alkanes) is 1. The van der Waals surface area contributed by atoms with E-state index in [1.54, 1.807) is 25.2 Å². The number of sulfonamides is 1. The zero-order valence-electron chi connectivity index (χ0n) is 17.9. The lowest BCUT2D eigenvalue weighted by Gasteiger charge is -2.34. The monoisotopic (exact) mass is 427 g/mol. The second-order valence-corrected chi connectivity index (χ2v) is 9.62. The normalized spacial score (nSPS) is 16.1. The van der Waals surface area contributed by atoms with Gasteiger partial charge in [-0.15, -0.1) is 0 Å². The Kier molecular flexibility index (Phi) is 8.35. The smallest absolute Gasteiger partial charge is 0.256 e. The molecule has 0 saturated carbocycles. The highest BCUT2D eigenvalue weighted by Crippen LogP contribution is 2.09. The lowest BCUT2D eigenvalue weighted by molar-refractivity contribution is -0.120. The van der Waals surface area contributed by atoms with Crippen molar-refractivity contribution in [3.05, 3.63) is 27.4 Å². The number of aryl methyl sites for hydroxylation is 1. The number of nitrogens with one attached hydrogen (secondary N) is 1. The van der Waals surface area contributed by atoms with Crippen molar-refractivity contribution in [3.8, 4) is 0 Å². The highest BCUT2D eigenvalue weighted by molar-refractivity contribution is 7.89. The number of carbonyl (C=O) groups excluding carboxylic acids is 1. The average molecular weight is 428 g/mol. The lowest BCUT2D eigenvalue weighted by atomic mass is 10.2. The van der Waals surface area contributed by atoms with Crippen molar-refractivity contribution in [3.63, 3.8) is 0 Å². The van der Waals surface area contributed by atoms with Crippen LogP contribution in [-0.4, -0.2) is 78.1 Å². The molecule has 1 N–H and O–H groups in total. The summed E-state index contributed by atoms with van der Waals surface area (Å²) in [7, 11) is -1.49. The standard InChI is InChI=1S/C19H33N5O4S/c1-5-6-13-29(27,28)24-11-9-23(10-12-24)8-7-20-18(25)14-17-15(2)19(26)22(4)16(3)21-17/h5-14H2,1-4H3,(H,20,25). The fourth-order valence-electron chi connectivity index (χ4n) is 3.30. The third kappa shape index (κ3) is 6.35. The molecule has 2 heterocycles. The largest absolute Gasteiger partial charge is 0.354 e. The van der Waals surface area contributed by atoms with Crippen molar-refractivity contribution in [2.75, 3.05) is 45.0 Å².